The number of nitrogens with zero attached hydrogens (tertiary/aromatic N) is 3. The maximum Gasteiger partial charge on any atom is 0.279 e. The molecule has 1 heterocycles. The van der Waals surface area contributed by atoms with Crippen molar-refractivity contribution in [2.45, 2.75) is 51.1 Å². The van der Waals surface area contributed by atoms with Crippen molar-refractivity contribution in [3.05, 3.63) is 78.4 Å². The quantitative estimate of drug-likeness (QED) is 0.468. The summed E-state index contributed by atoms with van der Waals surface area (Å²) in [4.78, 5) is 37.5. The Morgan fingerprint density at radius 2 is 1.69 bits per heavy atom. The van der Waals surface area contributed by atoms with Crippen LogP contribution in [0.1, 0.15) is 61.1 Å². The fourth-order valence-corrected chi connectivity index (χ4v) is 4.52. The van der Waals surface area contributed by atoms with Gasteiger partial charge in [-0.15, -0.1) is 0 Å². The smallest absolute Gasteiger partial charge is 0.279 e. The van der Waals surface area contributed by atoms with Crippen LogP contribution in [0.5, 0.6) is 11.5 Å². The summed E-state index contributed by atoms with van der Waals surface area (Å²) in [6.45, 7) is 2.45. The van der Waals surface area contributed by atoms with Gasteiger partial charge in [0.1, 0.15) is 23.2 Å². The number of rotatable bonds is 9. The summed E-state index contributed by atoms with van der Waals surface area (Å²) >= 11 is 0. The average molecular weight is 489 g/mol. The summed E-state index contributed by atoms with van der Waals surface area (Å²) in [6, 6.07) is 13.5. The number of nitrogens with one attached hydrogen (secondary N) is 1. The van der Waals surface area contributed by atoms with Gasteiger partial charge in [0.2, 0.25) is 5.91 Å². The van der Waals surface area contributed by atoms with Crippen molar-refractivity contribution in [2.24, 2.45) is 0 Å². The van der Waals surface area contributed by atoms with E-state index in [1.165, 1.54) is 29.9 Å². The molecule has 3 aromatic rings. The van der Waals surface area contributed by atoms with Crippen molar-refractivity contribution < 1.29 is 19.1 Å². The highest BCUT2D eigenvalue weighted by molar-refractivity contribution is 6.09. The van der Waals surface area contributed by atoms with Crippen molar-refractivity contribution >= 4 is 17.5 Å². The van der Waals surface area contributed by atoms with Crippen LogP contribution in [0.4, 0.5) is 5.69 Å². The van der Waals surface area contributed by atoms with Gasteiger partial charge in [-0.3, -0.25) is 19.5 Å². The van der Waals surface area contributed by atoms with E-state index in [0.29, 0.717) is 29.4 Å². The van der Waals surface area contributed by atoms with Gasteiger partial charge in [-0.2, -0.15) is 0 Å². The molecule has 0 radical (unpaired) electrons. The van der Waals surface area contributed by atoms with Gasteiger partial charge >= 0.3 is 0 Å². The number of anilines is 1. The molecule has 0 spiro atoms. The van der Waals surface area contributed by atoms with E-state index < -0.39 is 11.9 Å². The molecule has 1 atom stereocenters. The summed E-state index contributed by atoms with van der Waals surface area (Å²) in [7, 11) is 1.58. The van der Waals surface area contributed by atoms with Crippen LogP contribution in [-0.4, -0.2) is 41.5 Å². The summed E-state index contributed by atoms with van der Waals surface area (Å²) in [5.74, 6) is 0.684. The van der Waals surface area contributed by atoms with Crippen molar-refractivity contribution in [3.8, 4) is 11.5 Å². The van der Waals surface area contributed by atoms with Crippen LogP contribution < -0.4 is 19.7 Å². The van der Waals surface area contributed by atoms with E-state index in [9.17, 15) is 9.59 Å². The first-order valence-electron chi connectivity index (χ1n) is 12.4. The van der Waals surface area contributed by atoms with Crippen molar-refractivity contribution in [1.29, 1.82) is 0 Å². The average Bonchev–Trinajstić information content (AvgIpc) is 2.93. The van der Waals surface area contributed by atoms with Gasteiger partial charge in [0.25, 0.3) is 5.91 Å². The van der Waals surface area contributed by atoms with Crippen LogP contribution in [0.25, 0.3) is 0 Å². The second-order valence-corrected chi connectivity index (χ2v) is 8.71. The molecule has 2 aromatic carbocycles. The molecule has 0 bridgehead atoms. The Morgan fingerprint density at radius 3 is 2.31 bits per heavy atom. The summed E-state index contributed by atoms with van der Waals surface area (Å²) < 4.78 is 10.9. The Kier molecular flexibility index (Phi) is 8.49. The van der Waals surface area contributed by atoms with Crippen LogP contribution in [0.2, 0.25) is 0 Å². The monoisotopic (exact) mass is 488 g/mol. The molecule has 0 saturated heterocycles. The van der Waals surface area contributed by atoms with E-state index in [-0.39, 0.29) is 17.6 Å². The highest BCUT2D eigenvalue weighted by Crippen LogP contribution is 2.32. The first-order valence-corrected chi connectivity index (χ1v) is 12.4. The fraction of sp³-hybridized carbons (Fsp3) is 0.357. The second-order valence-electron chi connectivity index (χ2n) is 8.71. The summed E-state index contributed by atoms with van der Waals surface area (Å²) in [5.41, 5.74) is 1.36. The molecule has 1 fully saturated rings. The number of carbonyl (C=O) groups excluding carboxylic acids is 2. The molecule has 2 amide bonds. The van der Waals surface area contributed by atoms with Gasteiger partial charge in [0.05, 0.1) is 19.9 Å². The number of benzene rings is 2. The highest BCUT2D eigenvalue weighted by Gasteiger charge is 2.35. The fourth-order valence-electron chi connectivity index (χ4n) is 4.52. The lowest BCUT2D eigenvalue weighted by Crippen LogP contribution is -2.47. The zero-order valence-electron chi connectivity index (χ0n) is 20.7. The highest BCUT2D eigenvalue weighted by atomic mass is 16.5. The van der Waals surface area contributed by atoms with E-state index in [1.54, 1.807) is 31.4 Å². The number of hydrogen-bond donors (Lipinski definition) is 1. The lowest BCUT2D eigenvalue weighted by atomic mass is 9.94. The maximum atomic E-state index is 13.9. The predicted octanol–water partition coefficient (Wildman–Crippen LogP) is 4.72. The van der Waals surface area contributed by atoms with Gasteiger partial charge in [-0.1, -0.05) is 31.4 Å². The summed E-state index contributed by atoms with van der Waals surface area (Å²) in [6.07, 6.45) is 9.59. The van der Waals surface area contributed by atoms with Gasteiger partial charge in [-0.05, 0) is 61.7 Å². The lowest BCUT2D eigenvalue weighted by molar-refractivity contribution is -0.123. The molecular formula is C28H32N4O4. The molecule has 1 saturated carbocycles. The Balaban J connectivity index is 1.78. The van der Waals surface area contributed by atoms with E-state index in [1.807, 2.05) is 31.2 Å². The van der Waals surface area contributed by atoms with E-state index in [4.69, 9.17) is 9.47 Å². The lowest BCUT2D eigenvalue weighted by Gasteiger charge is -2.33. The Morgan fingerprint density at radius 1 is 1.00 bits per heavy atom. The Labute approximate surface area is 211 Å². The van der Waals surface area contributed by atoms with Crippen molar-refractivity contribution in [2.75, 3.05) is 18.6 Å². The minimum Gasteiger partial charge on any atom is -0.497 e. The summed E-state index contributed by atoms with van der Waals surface area (Å²) in [5, 5.41) is 3.21. The second kappa shape index (κ2) is 12.2. The minimum atomic E-state index is -0.925. The van der Waals surface area contributed by atoms with Gasteiger partial charge < -0.3 is 14.8 Å². The number of ether oxygens (including phenoxy) is 2. The minimum absolute atomic E-state index is 0.0841. The first-order chi connectivity index (χ1) is 17.6. The van der Waals surface area contributed by atoms with Crippen molar-refractivity contribution in [3.63, 3.8) is 0 Å². The molecule has 1 aromatic heterocycles. The van der Waals surface area contributed by atoms with Crippen molar-refractivity contribution in [1.82, 2.24) is 15.3 Å². The third-order valence-corrected chi connectivity index (χ3v) is 6.32. The molecule has 4 rings (SSSR count). The molecule has 8 nitrogen and oxygen atoms in total. The molecule has 1 N–H and O–H groups in total. The Hall–Kier alpha value is -3.94. The molecule has 188 valence electrons. The largest absolute Gasteiger partial charge is 0.497 e. The van der Waals surface area contributed by atoms with Crippen LogP contribution in [-0.2, 0) is 4.79 Å². The third-order valence-electron chi connectivity index (χ3n) is 6.32. The number of carbonyl (C=O) groups is 2. The SMILES string of the molecule is CCOc1ccc(C(C(=O)NC2CCCCC2)N(C(=O)c2cnccn2)c2ccc(OC)cc2)cc1. The van der Waals surface area contributed by atoms with Crippen LogP contribution in [0.15, 0.2) is 67.1 Å². The molecule has 36 heavy (non-hydrogen) atoms. The molecule has 1 unspecified atom stereocenters. The molecule has 0 aliphatic heterocycles. The zero-order valence-corrected chi connectivity index (χ0v) is 20.7. The van der Waals surface area contributed by atoms with E-state index >= 15 is 0 Å². The topological polar surface area (TPSA) is 93.7 Å². The maximum absolute atomic E-state index is 13.9. The molecule has 1 aliphatic rings. The number of amides is 2. The number of methoxy groups -OCH3 is 1. The number of hydrogen-bond acceptors (Lipinski definition) is 6. The van der Waals surface area contributed by atoms with E-state index in [0.717, 1.165) is 25.7 Å². The van der Waals surface area contributed by atoms with Gasteiger partial charge in [0, 0.05) is 24.1 Å². The van der Waals surface area contributed by atoms with Crippen LogP contribution in [0, 0.1) is 0 Å². The predicted molar refractivity (Wildman–Crippen MR) is 137 cm³/mol. The molecule has 1 aliphatic carbocycles. The zero-order chi connectivity index (χ0) is 25.3. The third kappa shape index (κ3) is 6.00. The standard InChI is InChI=1S/C28H32N4O4/c1-3-36-24-13-9-20(10-14-24)26(27(33)31-21-7-5-4-6-8-21)32(22-11-15-23(35-2)16-12-22)28(34)25-19-29-17-18-30-25/h9-19,21,26H,3-8H2,1-2H3,(H,31,33). The van der Waals surface area contributed by atoms with Gasteiger partial charge in [-0.25, -0.2) is 4.98 Å². The van der Waals surface area contributed by atoms with Crippen LogP contribution >= 0.6 is 0 Å². The number of aromatic nitrogens is 2. The van der Waals surface area contributed by atoms with Crippen LogP contribution in [0.3, 0.4) is 0 Å². The first kappa shape index (κ1) is 25.2. The normalized spacial score (nSPS) is 14.5. The molecular weight excluding hydrogens is 456 g/mol. The Bertz CT molecular complexity index is 1130. The molecule has 8 heteroatoms. The van der Waals surface area contributed by atoms with Gasteiger partial charge in [0.15, 0.2) is 0 Å². The van der Waals surface area contributed by atoms with E-state index in [2.05, 4.69) is 15.3 Å².